The molecule has 0 aliphatic heterocycles. The number of ether oxygens (including phenoxy) is 1. The standard InChI is InChI=1S/C33H31NO4/c35-31(36)30(23-24-9-3-1-4-10-24)38-29-19-15-26(16-20-29)25-13-17-28(18-14-25)34-32(37)33(21-7-8-22-33)27-11-5-2-6-12-27/h1-6,9-20,30H,7-8,21-23H2,(H,34,37)(H,35,36). The lowest BCUT2D eigenvalue weighted by molar-refractivity contribution is -0.145. The molecule has 4 aromatic carbocycles. The molecule has 0 bridgehead atoms. The maximum absolute atomic E-state index is 13.4. The van der Waals surface area contributed by atoms with Gasteiger partial charge in [0.15, 0.2) is 6.10 Å². The van der Waals surface area contributed by atoms with Crippen LogP contribution in [0.4, 0.5) is 5.69 Å². The summed E-state index contributed by atoms with van der Waals surface area (Å²) in [6.45, 7) is 0. The van der Waals surface area contributed by atoms with Crippen molar-refractivity contribution in [1.29, 1.82) is 0 Å². The molecule has 5 nitrogen and oxygen atoms in total. The maximum Gasteiger partial charge on any atom is 0.345 e. The highest BCUT2D eigenvalue weighted by molar-refractivity contribution is 5.99. The average molecular weight is 506 g/mol. The van der Waals surface area contributed by atoms with E-state index in [-0.39, 0.29) is 12.3 Å². The number of aliphatic carboxylic acids is 1. The second-order valence-corrected chi connectivity index (χ2v) is 9.85. The van der Waals surface area contributed by atoms with Crippen LogP contribution >= 0.6 is 0 Å². The molecule has 1 saturated carbocycles. The summed E-state index contributed by atoms with van der Waals surface area (Å²) in [4.78, 5) is 25.1. The predicted molar refractivity (Wildman–Crippen MR) is 149 cm³/mol. The van der Waals surface area contributed by atoms with E-state index in [2.05, 4.69) is 17.4 Å². The number of hydrogen-bond acceptors (Lipinski definition) is 3. The van der Waals surface area contributed by atoms with E-state index < -0.39 is 17.5 Å². The molecular weight excluding hydrogens is 474 g/mol. The summed E-state index contributed by atoms with van der Waals surface area (Å²) in [7, 11) is 0. The third-order valence-corrected chi connectivity index (χ3v) is 7.37. The van der Waals surface area contributed by atoms with Crippen molar-refractivity contribution in [3.05, 3.63) is 120 Å². The fourth-order valence-electron chi connectivity index (χ4n) is 5.28. The Hall–Kier alpha value is -4.38. The van der Waals surface area contributed by atoms with Crippen molar-refractivity contribution < 1.29 is 19.4 Å². The Morgan fingerprint density at radius 3 is 1.89 bits per heavy atom. The number of benzene rings is 4. The molecule has 1 aliphatic rings. The van der Waals surface area contributed by atoms with Crippen LogP contribution in [0.5, 0.6) is 5.75 Å². The molecule has 1 unspecified atom stereocenters. The van der Waals surface area contributed by atoms with Gasteiger partial charge < -0.3 is 15.2 Å². The van der Waals surface area contributed by atoms with Crippen LogP contribution in [0.15, 0.2) is 109 Å². The normalized spacial score (nSPS) is 14.9. The first kappa shape index (κ1) is 25.3. The van der Waals surface area contributed by atoms with Crippen LogP contribution in [0.2, 0.25) is 0 Å². The van der Waals surface area contributed by atoms with Gasteiger partial charge in [-0.05, 0) is 59.4 Å². The van der Waals surface area contributed by atoms with E-state index in [0.717, 1.165) is 53.6 Å². The maximum atomic E-state index is 13.4. The molecule has 1 aliphatic carbocycles. The number of carboxylic acid groups (broad SMARTS) is 1. The first-order valence-electron chi connectivity index (χ1n) is 13.0. The Balaban J connectivity index is 1.24. The van der Waals surface area contributed by atoms with Gasteiger partial charge in [0.05, 0.1) is 5.41 Å². The molecule has 1 fully saturated rings. The smallest absolute Gasteiger partial charge is 0.345 e. The minimum Gasteiger partial charge on any atom is -0.478 e. The van der Waals surface area contributed by atoms with Crippen molar-refractivity contribution in [1.82, 2.24) is 0 Å². The topological polar surface area (TPSA) is 75.6 Å². The zero-order valence-corrected chi connectivity index (χ0v) is 21.2. The quantitative estimate of drug-likeness (QED) is 0.260. The van der Waals surface area contributed by atoms with Gasteiger partial charge in [0, 0.05) is 12.1 Å². The van der Waals surface area contributed by atoms with Crippen molar-refractivity contribution in [3.8, 4) is 16.9 Å². The van der Waals surface area contributed by atoms with E-state index in [1.54, 1.807) is 12.1 Å². The lowest BCUT2D eigenvalue weighted by atomic mass is 9.78. The van der Waals surface area contributed by atoms with Crippen LogP contribution in [0.25, 0.3) is 11.1 Å². The van der Waals surface area contributed by atoms with Crippen molar-refractivity contribution in [2.24, 2.45) is 0 Å². The molecule has 38 heavy (non-hydrogen) atoms. The third-order valence-electron chi connectivity index (χ3n) is 7.37. The number of carboxylic acids is 1. The number of nitrogens with one attached hydrogen (secondary N) is 1. The molecule has 192 valence electrons. The number of anilines is 1. The van der Waals surface area contributed by atoms with E-state index in [0.29, 0.717) is 5.75 Å². The monoisotopic (exact) mass is 505 g/mol. The van der Waals surface area contributed by atoms with Gasteiger partial charge >= 0.3 is 5.97 Å². The van der Waals surface area contributed by atoms with Crippen LogP contribution in [0.3, 0.4) is 0 Å². The van der Waals surface area contributed by atoms with Crippen LogP contribution in [-0.2, 0) is 21.4 Å². The lowest BCUT2D eigenvalue weighted by Crippen LogP contribution is -2.37. The van der Waals surface area contributed by atoms with Gasteiger partial charge in [-0.25, -0.2) is 4.79 Å². The van der Waals surface area contributed by atoms with Crippen molar-refractivity contribution in [3.63, 3.8) is 0 Å². The Bertz CT molecular complexity index is 1360. The zero-order valence-electron chi connectivity index (χ0n) is 21.2. The highest BCUT2D eigenvalue weighted by atomic mass is 16.5. The Kier molecular flexibility index (Phi) is 7.55. The number of amides is 1. The molecule has 0 heterocycles. The van der Waals surface area contributed by atoms with Crippen molar-refractivity contribution >= 4 is 17.6 Å². The molecule has 4 aromatic rings. The molecular formula is C33H31NO4. The Morgan fingerprint density at radius 1 is 0.763 bits per heavy atom. The fraction of sp³-hybridized carbons (Fsp3) is 0.212. The molecule has 5 heteroatoms. The van der Waals surface area contributed by atoms with E-state index in [4.69, 9.17) is 4.74 Å². The second-order valence-electron chi connectivity index (χ2n) is 9.85. The molecule has 0 spiro atoms. The third kappa shape index (κ3) is 5.62. The summed E-state index contributed by atoms with van der Waals surface area (Å²) >= 11 is 0. The van der Waals surface area contributed by atoms with Gasteiger partial charge in [0.25, 0.3) is 0 Å². The van der Waals surface area contributed by atoms with Crippen molar-refractivity contribution in [2.75, 3.05) is 5.32 Å². The molecule has 0 saturated heterocycles. The number of rotatable bonds is 9. The molecule has 0 radical (unpaired) electrons. The Labute approximate surface area is 223 Å². The highest BCUT2D eigenvalue weighted by Gasteiger charge is 2.42. The van der Waals surface area contributed by atoms with E-state index >= 15 is 0 Å². The first-order valence-corrected chi connectivity index (χ1v) is 13.0. The fourth-order valence-corrected chi connectivity index (χ4v) is 5.28. The van der Waals surface area contributed by atoms with Gasteiger partial charge in [0.2, 0.25) is 5.91 Å². The number of hydrogen-bond donors (Lipinski definition) is 2. The van der Waals surface area contributed by atoms with Crippen LogP contribution in [0.1, 0.15) is 36.8 Å². The van der Waals surface area contributed by atoms with E-state index in [9.17, 15) is 14.7 Å². The first-order chi connectivity index (χ1) is 18.5. The average Bonchev–Trinajstić information content (AvgIpc) is 3.46. The highest BCUT2D eigenvalue weighted by Crippen LogP contribution is 2.42. The predicted octanol–water partition coefficient (Wildman–Crippen LogP) is 6.88. The van der Waals surface area contributed by atoms with Crippen LogP contribution in [0, 0.1) is 0 Å². The van der Waals surface area contributed by atoms with Gasteiger partial charge in [-0.1, -0.05) is 97.8 Å². The second kappa shape index (κ2) is 11.3. The zero-order chi connectivity index (χ0) is 26.4. The van der Waals surface area contributed by atoms with Crippen molar-refractivity contribution in [2.45, 2.75) is 43.6 Å². The minimum absolute atomic E-state index is 0.0546. The van der Waals surface area contributed by atoms with Crippen LogP contribution < -0.4 is 10.1 Å². The summed E-state index contributed by atoms with van der Waals surface area (Å²) in [5.74, 6) is -0.440. The minimum atomic E-state index is -0.998. The van der Waals surface area contributed by atoms with E-state index in [1.807, 2.05) is 84.9 Å². The summed E-state index contributed by atoms with van der Waals surface area (Å²) in [6, 6.07) is 34.7. The van der Waals surface area contributed by atoms with Gasteiger partial charge in [-0.2, -0.15) is 0 Å². The van der Waals surface area contributed by atoms with Gasteiger partial charge in [-0.3, -0.25) is 4.79 Å². The number of carbonyl (C=O) groups excluding carboxylic acids is 1. The SMILES string of the molecule is O=C(O)C(Cc1ccccc1)Oc1ccc(-c2ccc(NC(=O)C3(c4ccccc4)CCCC3)cc2)cc1. The lowest BCUT2D eigenvalue weighted by Gasteiger charge is -2.28. The summed E-state index contributed by atoms with van der Waals surface area (Å²) in [6.07, 6.45) is 3.16. The largest absolute Gasteiger partial charge is 0.478 e. The molecule has 1 amide bonds. The molecule has 5 rings (SSSR count). The Morgan fingerprint density at radius 2 is 1.32 bits per heavy atom. The molecule has 0 aromatic heterocycles. The number of carbonyl (C=O) groups is 2. The van der Waals surface area contributed by atoms with Crippen LogP contribution in [-0.4, -0.2) is 23.1 Å². The summed E-state index contributed by atoms with van der Waals surface area (Å²) < 4.78 is 5.78. The summed E-state index contributed by atoms with van der Waals surface area (Å²) in [5.41, 5.74) is 4.26. The molecule has 2 N–H and O–H groups in total. The molecule has 1 atom stereocenters. The van der Waals surface area contributed by atoms with E-state index in [1.165, 1.54) is 0 Å². The van der Waals surface area contributed by atoms with Gasteiger partial charge in [0.1, 0.15) is 5.75 Å². The summed E-state index contributed by atoms with van der Waals surface area (Å²) in [5, 5.41) is 12.8. The van der Waals surface area contributed by atoms with Gasteiger partial charge in [-0.15, -0.1) is 0 Å².